The largest absolute Gasteiger partial charge is 0.395 e. The van der Waals surface area contributed by atoms with Crippen LogP contribution in [0.5, 0.6) is 0 Å². The van der Waals surface area contributed by atoms with Crippen LogP contribution in [0.4, 0.5) is 5.00 Å². The van der Waals surface area contributed by atoms with Crippen LogP contribution in [0.2, 0.25) is 5.02 Å². The molecule has 0 atom stereocenters. The maximum Gasteiger partial charge on any atom is 0.256 e. The molecule has 0 saturated heterocycles. The number of nitrogens with zero attached hydrogens (tertiary/aromatic N) is 2. The Kier molecular flexibility index (Phi) is 5.07. The van der Waals surface area contributed by atoms with Crippen molar-refractivity contribution in [1.82, 2.24) is 9.59 Å². The zero-order chi connectivity index (χ0) is 14.4. The number of nitrogens with one attached hydrogen (secondary N) is 1. The number of anilines is 1. The van der Waals surface area contributed by atoms with E-state index < -0.39 is 0 Å². The molecule has 0 fully saturated rings. The van der Waals surface area contributed by atoms with Gasteiger partial charge in [-0.1, -0.05) is 27.9 Å². The molecule has 102 valence electrons. The minimum atomic E-state index is -0.284. The van der Waals surface area contributed by atoms with Gasteiger partial charge in [-0.05, 0) is 18.2 Å². The third-order valence-electron chi connectivity index (χ3n) is 2.29. The molecule has 0 unspecified atom stereocenters. The number of carbonyl (C=O) groups is 1. The first-order chi connectivity index (χ1) is 9.70. The molecule has 0 aliphatic carbocycles. The lowest BCUT2D eigenvalue weighted by molar-refractivity contribution is 0.102. The van der Waals surface area contributed by atoms with Gasteiger partial charge in [-0.2, -0.15) is 0 Å². The second kappa shape index (κ2) is 7.01. The number of amides is 1. The fourth-order valence-corrected chi connectivity index (χ4v) is 2.02. The zero-order valence-electron chi connectivity index (χ0n) is 10.3. The molecule has 0 bridgehead atoms. The Balaban J connectivity index is 2.12. The first-order valence-corrected chi connectivity index (χ1v) is 6.84. The van der Waals surface area contributed by atoms with Crippen LogP contribution in [-0.2, 0) is 0 Å². The van der Waals surface area contributed by atoms with Crippen molar-refractivity contribution in [3.8, 4) is 11.8 Å². The minimum Gasteiger partial charge on any atom is -0.395 e. The zero-order valence-corrected chi connectivity index (χ0v) is 11.8. The number of hydrogen-bond donors (Lipinski definition) is 2. The molecule has 2 aromatic rings. The van der Waals surface area contributed by atoms with Crippen molar-refractivity contribution < 1.29 is 9.90 Å². The van der Waals surface area contributed by atoms with Crippen molar-refractivity contribution in [3.63, 3.8) is 0 Å². The second-order valence-electron chi connectivity index (χ2n) is 3.71. The van der Waals surface area contributed by atoms with Crippen LogP contribution in [0.25, 0.3) is 0 Å². The summed E-state index contributed by atoms with van der Waals surface area (Å²) in [5.74, 6) is 5.33. The van der Waals surface area contributed by atoms with E-state index in [1.807, 2.05) is 0 Å². The van der Waals surface area contributed by atoms with E-state index in [1.165, 1.54) is 6.20 Å². The van der Waals surface area contributed by atoms with Crippen LogP contribution < -0.4 is 5.32 Å². The SMILES string of the molecule is O=C(Nc1cnns1)c1ccc(C#CCCO)c(Cl)c1. The summed E-state index contributed by atoms with van der Waals surface area (Å²) in [6.45, 7) is 0.00793. The predicted molar refractivity (Wildman–Crippen MR) is 77.9 cm³/mol. The normalized spacial score (nSPS) is 9.70. The molecule has 5 nitrogen and oxygen atoms in total. The molecule has 0 saturated carbocycles. The molecule has 0 aliphatic heterocycles. The average Bonchev–Trinajstić information content (AvgIpc) is 2.93. The van der Waals surface area contributed by atoms with Crippen molar-refractivity contribution >= 4 is 34.0 Å². The third kappa shape index (κ3) is 3.78. The molecule has 1 amide bonds. The first-order valence-electron chi connectivity index (χ1n) is 5.68. The molecule has 2 N–H and O–H groups in total. The maximum absolute atomic E-state index is 11.9. The Hall–Kier alpha value is -1.94. The van der Waals surface area contributed by atoms with E-state index in [2.05, 4.69) is 26.7 Å². The fourth-order valence-electron chi connectivity index (χ4n) is 1.38. The molecule has 0 radical (unpaired) electrons. The molecular formula is C13H10ClN3O2S. The minimum absolute atomic E-state index is 0.00793. The molecule has 2 rings (SSSR count). The average molecular weight is 308 g/mol. The smallest absolute Gasteiger partial charge is 0.256 e. The molecular weight excluding hydrogens is 298 g/mol. The fraction of sp³-hybridized carbons (Fsp3) is 0.154. The molecule has 0 spiro atoms. The highest BCUT2D eigenvalue weighted by molar-refractivity contribution is 7.10. The number of hydrogen-bond acceptors (Lipinski definition) is 5. The van der Waals surface area contributed by atoms with Gasteiger partial charge in [0.05, 0.1) is 17.8 Å². The van der Waals surface area contributed by atoms with E-state index in [9.17, 15) is 4.79 Å². The van der Waals surface area contributed by atoms with Crippen LogP contribution in [-0.4, -0.2) is 27.2 Å². The highest BCUT2D eigenvalue weighted by Crippen LogP contribution is 2.18. The van der Waals surface area contributed by atoms with Gasteiger partial charge in [0.25, 0.3) is 5.91 Å². The van der Waals surface area contributed by atoms with Crippen molar-refractivity contribution in [3.05, 3.63) is 40.5 Å². The Labute approximate surface area is 124 Å². The summed E-state index contributed by atoms with van der Waals surface area (Å²) < 4.78 is 3.65. The van der Waals surface area contributed by atoms with Gasteiger partial charge in [-0.25, -0.2) is 0 Å². The highest BCUT2D eigenvalue weighted by atomic mass is 35.5. The van der Waals surface area contributed by atoms with Gasteiger partial charge < -0.3 is 10.4 Å². The Morgan fingerprint density at radius 3 is 3.00 bits per heavy atom. The molecule has 1 heterocycles. The summed E-state index contributed by atoms with van der Waals surface area (Å²) in [5, 5.41) is 15.9. The van der Waals surface area contributed by atoms with Crippen LogP contribution in [0, 0.1) is 11.8 Å². The predicted octanol–water partition coefficient (Wildman–Crippen LogP) is 2.18. The van der Waals surface area contributed by atoms with E-state index in [0.717, 1.165) is 11.5 Å². The van der Waals surface area contributed by atoms with Gasteiger partial charge in [-0.15, -0.1) is 5.10 Å². The Bertz CT molecular complexity index is 662. The Morgan fingerprint density at radius 1 is 1.50 bits per heavy atom. The van der Waals surface area contributed by atoms with Crippen molar-refractivity contribution in [2.24, 2.45) is 0 Å². The van der Waals surface area contributed by atoms with Gasteiger partial charge >= 0.3 is 0 Å². The summed E-state index contributed by atoms with van der Waals surface area (Å²) in [4.78, 5) is 11.9. The summed E-state index contributed by atoms with van der Waals surface area (Å²) in [6.07, 6.45) is 1.86. The summed E-state index contributed by atoms with van der Waals surface area (Å²) >= 11 is 7.16. The van der Waals surface area contributed by atoms with Gasteiger partial charge in [0.15, 0.2) is 0 Å². The number of rotatable bonds is 3. The van der Waals surface area contributed by atoms with E-state index >= 15 is 0 Å². The maximum atomic E-state index is 11.9. The standard InChI is InChI=1S/C13H10ClN3O2S/c14-11-7-10(5-4-9(11)3-1-2-6-18)13(19)16-12-8-15-17-20-12/h4-5,7-8,18H,2,6H2,(H,16,19). The number of benzene rings is 1. The highest BCUT2D eigenvalue weighted by Gasteiger charge is 2.09. The summed E-state index contributed by atoms with van der Waals surface area (Å²) in [5.41, 5.74) is 1.05. The second-order valence-corrected chi connectivity index (χ2v) is 4.90. The lowest BCUT2D eigenvalue weighted by atomic mass is 10.1. The van der Waals surface area contributed by atoms with Crippen LogP contribution in [0.3, 0.4) is 0 Å². The van der Waals surface area contributed by atoms with Crippen molar-refractivity contribution in [1.29, 1.82) is 0 Å². The number of aliphatic hydroxyl groups is 1. The first kappa shape index (κ1) is 14.5. The van der Waals surface area contributed by atoms with E-state index in [4.69, 9.17) is 16.7 Å². The van der Waals surface area contributed by atoms with E-state index in [1.54, 1.807) is 18.2 Å². The van der Waals surface area contributed by atoms with Crippen molar-refractivity contribution in [2.75, 3.05) is 11.9 Å². The monoisotopic (exact) mass is 307 g/mol. The van der Waals surface area contributed by atoms with Gasteiger partial charge in [-0.3, -0.25) is 4.79 Å². The van der Waals surface area contributed by atoms with E-state index in [0.29, 0.717) is 27.6 Å². The summed E-state index contributed by atoms with van der Waals surface area (Å²) in [7, 11) is 0. The van der Waals surface area contributed by atoms with Crippen molar-refractivity contribution in [2.45, 2.75) is 6.42 Å². The quantitative estimate of drug-likeness (QED) is 0.852. The lowest BCUT2D eigenvalue weighted by Crippen LogP contribution is -2.10. The molecule has 1 aromatic heterocycles. The molecule has 20 heavy (non-hydrogen) atoms. The lowest BCUT2D eigenvalue weighted by Gasteiger charge is -2.03. The number of aliphatic hydroxyl groups excluding tert-OH is 1. The Morgan fingerprint density at radius 2 is 2.35 bits per heavy atom. The third-order valence-corrected chi connectivity index (χ3v) is 3.18. The van der Waals surface area contributed by atoms with Gasteiger partial charge in [0.1, 0.15) is 5.00 Å². The van der Waals surface area contributed by atoms with Gasteiger partial charge in [0, 0.05) is 29.1 Å². The van der Waals surface area contributed by atoms with Crippen LogP contribution in [0.15, 0.2) is 24.4 Å². The topological polar surface area (TPSA) is 75.1 Å². The molecule has 0 aliphatic rings. The number of aromatic nitrogens is 2. The van der Waals surface area contributed by atoms with Crippen LogP contribution >= 0.6 is 23.1 Å². The molecule has 1 aromatic carbocycles. The van der Waals surface area contributed by atoms with E-state index in [-0.39, 0.29) is 12.5 Å². The van der Waals surface area contributed by atoms with Crippen LogP contribution in [0.1, 0.15) is 22.3 Å². The van der Waals surface area contributed by atoms with Gasteiger partial charge in [0.2, 0.25) is 0 Å². The summed E-state index contributed by atoms with van der Waals surface area (Å²) in [6, 6.07) is 4.86. The number of carbonyl (C=O) groups excluding carboxylic acids is 1. The molecule has 7 heteroatoms. The number of halogens is 1.